The summed E-state index contributed by atoms with van der Waals surface area (Å²) >= 11 is 0. The first kappa shape index (κ1) is 20.0. The SMILES string of the molecule is CC1CC(C)CN(S(=O)(=O)c2ccc(C(=O)Nc3ncnc4c3CCC4)cc2)C1. The number of hydrogen-bond acceptors (Lipinski definition) is 5. The molecule has 1 saturated heterocycles. The van der Waals surface area contributed by atoms with Gasteiger partial charge in [-0.3, -0.25) is 4.79 Å². The van der Waals surface area contributed by atoms with Gasteiger partial charge in [0.1, 0.15) is 12.1 Å². The summed E-state index contributed by atoms with van der Waals surface area (Å²) in [4.78, 5) is 21.3. The highest BCUT2D eigenvalue weighted by atomic mass is 32.2. The van der Waals surface area contributed by atoms with Gasteiger partial charge < -0.3 is 5.32 Å². The van der Waals surface area contributed by atoms with E-state index in [9.17, 15) is 13.2 Å². The van der Waals surface area contributed by atoms with Crippen LogP contribution in [0.4, 0.5) is 5.82 Å². The zero-order chi connectivity index (χ0) is 20.6. The summed E-state index contributed by atoms with van der Waals surface area (Å²) < 4.78 is 27.5. The summed E-state index contributed by atoms with van der Waals surface area (Å²) in [6, 6.07) is 6.14. The third-order valence-electron chi connectivity index (χ3n) is 5.70. The van der Waals surface area contributed by atoms with E-state index in [4.69, 9.17) is 0 Å². The highest BCUT2D eigenvalue weighted by molar-refractivity contribution is 7.89. The number of rotatable bonds is 4. The summed E-state index contributed by atoms with van der Waals surface area (Å²) in [5.74, 6) is 0.925. The number of sulfonamides is 1. The van der Waals surface area contributed by atoms with Gasteiger partial charge in [0.15, 0.2) is 0 Å². The van der Waals surface area contributed by atoms with Crippen LogP contribution >= 0.6 is 0 Å². The lowest BCUT2D eigenvalue weighted by molar-refractivity contribution is 0.102. The molecule has 8 heteroatoms. The molecule has 1 aliphatic carbocycles. The second kappa shape index (κ2) is 7.84. The van der Waals surface area contributed by atoms with Gasteiger partial charge in [-0.2, -0.15) is 4.31 Å². The fraction of sp³-hybridized carbons (Fsp3) is 0.476. The Morgan fingerprint density at radius 2 is 1.76 bits per heavy atom. The Morgan fingerprint density at radius 3 is 2.45 bits per heavy atom. The molecule has 7 nitrogen and oxygen atoms in total. The summed E-state index contributed by atoms with van der Waals surface area (Å²) in [5, 5.41) is 2.84. The van der Waals surface area contributed by atoms with Gasteiger partial charge in [-0.05, 0) is 61.8 Å². The molecule has 2 heterocycles. The third-order valence-corrected chi connectivity index (χ3v) is 7.54. The highest BCUT2D eigenvalue weighted by Crippen LogP contribution is 2.28. The standard InChI is InChI=1S/C21H26N4O3S/c1-14-10-15(2)12-25(11-14)29(27,28)17-8-6-16(7-9-17)21(26)24-20-18-4-3-5-19(18)22-13-23-20/h6-9,13-15H,3-5,10-12H2,1-2H3,(H,22,23,24,26). The molecule has 1 aromatic heterocycles. The number of fused-ring (bicyclic) bond motifs is 1. The van der Waals surface area contributed by atoms with Crippen molar-refractivity contribution in [3.8, 4) is 0 Å². The number of hydrogen-bond donors (Lipinski definition) is 1. The lowest BCUT2D eigenvalue weighted by Gasteiger charge is -2.34. The van der Waals surface area contributed by atoms with Gasteiger partial charge in [-0.25, -0.2) is 18.4 Å². The van der Waals surface area contributed by atoms with Crippen LogP contribution in [0.2, 0.25) is 0 Å². The number of piperidine rings is 1. The minimum Gasteiger partial charge on any atom is -0.306 e. The van der Waals surface area contributed by atoms with Crippen LogP contribution in [0.1, 0.15) is 48.3 Å². The monoisotopic (exact) mass is 414 g/mol. The Bertz CT molecular complexity index is 1010. The molecule has 0 bridgehead atoms. The molecule has 2 unspecified atom stereocenters. The first-order valence-corrected chi connectivity index (χ1v) is 11.5. The summed E-state index contributed by atoms with van der Waals surface area (Å²) in [5.41, 5.74) is 2.38. The average Bonchev–Trinajstić information content (AvgIpc) is 3.17. The number of nitrogens with zero attached hydrogens (tertiary/aromatic N) is 3. The number of amides is 1. The van der Waals surface area contributed by atoms with Gasteiger partial charge in [0.05, 0.1) is 4.90 Å². The normalized spacial score (nSPS) is 22.3. The molecule has 2 aliphatic rings. The van der Waals surface area contributed by atoms with Gasteiger partial charge in [0.25, 0.3) is 5.91 Å². The Balaban J connectivity index is 1.50. The number of carbonyl (C=O) groups excluding carboxylic acids is 1. The molecule has 4 rings (SSSR count). The first-order chi connectivity index (χ1) is 13.8. The lowest BCUT2D eigenvalue weighted by atomic mass is 9.94. The predicted octanol–water partition coefficient (Wildman–Crippen LogP) is 2.88. The van der Waals surface area contributed by atoms with Crippen molar-refractivity contribution in [3.05, 3.63) is 47.4 Å². The lowest BCUT2D eigenvalue weighted by Crippen LogP contribution is -2.42. The van der Waals surface area contributed by atoms with E-state index in [1.165, 1.54) is 18.5 Å². The first-order valence-electron chi connectivity index (χ1n) is 10.1. The average molecular weight is 415 g/mol. The Kier molecular flexibility index (Phi) is 5.40. The second-order valence-electron chi connectivity index (χ2n) is 8.25. The van der Waals surface area contributed by atoms with E-state index in [0.29, 0.717) is 36.3 Å². The summed E-state index contributed by atoms with van der Waals surface area (Å²) in [7, 11) is -3.56. The molecule has 1 aliphatic heterocycles. The van der Waals surface area contributed by atoms with Crippen LogP contribution in [0.3, 0.4) is 0 Å². The van der Waals surface area contributed by atoms with Crippen molar-refractivity contribution >= 4 is 21.7 Å². The van der Waals surface area contributed by atoms with Gasteiger partial charge in [0, 0.05) is 29.9 Å². The van der Waals surface area contributed by atoms with Crippen LogP contribution in [-0.4, -0.2) is 41.7 Å². The maximum Gasteiger partial charge on any atom is 0.256 e. The molecule has 1 fully saturated rings. The summed E-state index contributed by atoms with van der Waals surface area (Å²) in [6.45, 7) is 5.23. The summed E-state index contributed by atoms with van der Waals surface area (Å²) in [6.07, 6.45) is 5.28. The number of anilines is 1. The van der Waals surface area contributed by atoms with Crippen LogP contribution in [0, 0.1) is 11.8 Å². The smallest absolute Gasteiger partial charge is 0.256 e. The number of nitrogens with one attached hydrogen (secondary N) is 1. The Labute approximate surface area is 171 Å². The largest absolute Gasteiger partial charge is 0.306 e. The molecule has 0 spiro atoms. The predicted molar refractivity (Wildman–Crippen MR) is 110 cm³/mol. The van der Waals surface area contributed by atoms with Gasteiger partial charge in [0.2, 0.25) is 10.0 Å². The molecule has 154 valence electrons. The van der Waals surface area contributed by atoms with Gasteiger partial charge >= 0.3 is 0 Å². The van der Waals surface area contributed by atoms with E-state index in [1.54, 1.807) is 16.4 Å². The van der Waals surface area contributed by atoms with E-state index in [1.807, 2.05) is 0 Å². The van der Waals surface area contributed by atoms with E-state index in [2.05, 4.69) is 29.1 Å². The fourth-order valence-corrected chi connectivity index (χ4v) is 6.06. The van der Waals surface area contributed by atoms with Crippen molar-refractivity contribution in [1.82, 2.24) is 14.3 Å². The molecular weight excluding hydrogens is 388 g/mol. The topological polar surface area (TPSA) is 92.3 Å². The van der Waals surface area contributed by atoms with E-state index in [0.717, 1.165) is 36.9 Å². The molecule has 2 atom stereocenters. The molecule has 1 aromatic carbocycles. The zero-order valence-corrected chi connectivity index (χ0v) is 17.6. The van der Waals surface area contributed by atoms with Crippen LogP contribution in [0.5, 0.6) is 0 Å². The van der Waals surface area contributed by atoms with Gasteiger partial charge in [-0.1, -0.05) is 13.8 Å². The van der Waals surface area contributed by atoms with Crippen molar-refractivity contribution in [2.45, 2.75) is 44.4 Å². The highest BCUT2D eigenvalue weighted by Gasteiger charge is 2.31. The molecule has 0 saturated carbocycles. The van der Waals surface area contributed by atoms with Crippen LogP contribution < -0.4 is 5.32 Å². The van der Waals surface area contributed by atoms with Crippen molar-refractivity contribution < 1.29 is 13.2 Å². The van der Waals surface area contributed by atoms with Gasteiger partial charge in [-0.15, -0.1) is 0 Å². The quantitative estimate of drug-likeness (QED) is 0.830. The Morgan fingerprint density at radius 1 is 1.07 bits per heavy atom. The third kappa shape index (κ3) is 4.04. The van der Waals surface area contributed by atoms with Crippen molar-refractivity contribution in [1.29, 1.82) is 0 Å². The minimum absolute atomic E-state index is 0.221. The number of benzene rings is 1. The maximum absolute atomic E-state index is 13.0. The molecular formula is C21H26N4O3S. The van der Waals surface area contributed by atoms with Crippen LogP contribution in [-0.2, 0) is 22.9 Å². The molecule has 1 N–H and O–H groups in total. The number of aromatic nitrogens is 2. The van der Waals surface area contributed by atoms with Crippen LogP contribution in [0.25, 0.3) is 0 Å². The van der Waals surface area contributed by atoms with Crippen molar-refractivity contribution in [2.24, 2.45) is 11.8 Å². The molecule has 0 radical (unpaired) electrons. The van der Waals surface area contributed by atoms with Crippen LogP contribution in [0.15, 0.2) is 35.5 Å². The van der Waals surface area contributed by atoms with E-state index < -0.39 is 10.0 Å². The maximum atomic E-state index is 13.0. The van der Waals surface area contributed by atoms with Crippen molar-refractivity contribution in [3.63, 3.8) is 0 Å². The molecule has 2 aromatic rings. The van der Waals surface area contributed by atoms with Crippen molar-refractivity contribution in [2.75, 3.05) is 18.4 Å². The zero-order valence-electron chi connectivity index (χ0n) is 16.8. The molecule has 1 amide bonds. The minimum atomic E-state index is -3.56. The number of aryl methyl sites for hydroxylation is 1. The van der Waals surface area contributed by atoms with E-state index >= 15 is 0 Å². The fourth-order valence-electron chi connectivity index (χ4n) is 4.38. The Hall–Kier alpha value is -2.32. The number of carbonyl (C=O) groups is 1. The second-order valence-corrected chi connectivity index (χ2v) is 10.2. The van der Waals surface area contributed by atoms with E-state index in [-0.39, 0.29) is 10.8 Å². The molecule has 29 heavy (non-hydrogen) atoms.